The standard InChI is InChI=1S/C17H20BrClFNO2S2/c1-9-13(12(8-22)24-16(9)19)15(21-25(23)17(2,3)4)10-6-5-7-11(20)14(10)18/h5-7,15,21-22H,8H2,1-4H3/t15?,25-/m1/s1. The summed E-state index contributed by atoms with van der Waals surface area (Å²) in [4.78, 5) is 0.669. The molecule has 8 heteroatoms. The van der Waals surface area contributed by atoms with Crippen molar-refractivity contribution < 1.29 is 14.0 Å². The Bertz CT molecular complexity index is 764. The topological polar surface area (TPSA) is 55.3 Å². The molecule has 0 saturated heterocycles. The second-order valence-electron chi connectivity index (χ2n) is 6.57. The lowest BCUT2D eigenvalue weighted by Crippen LogP contribution is -2.42. The minimum absolute atomic E-state index is 0.194. The maximum absolute atomic E-state index is 14.1. The molecule has 3 nitrogen and oxygen atoms in total. The van der Waals surface area contributed by atoms with Crippen molar-refractivity contribution in [3.63, 3.8) is 0 Å². The Morgan fingerprint density at radius 2 is 2.08 bits per heavy atom. The van der Waals surface area contributed by atoms with Crippen LogP contribution in [0.1, 0.15) is 48.4 Å². The SMILES string of the molecule is Cc1c(Cl)sc(CO)c1C(N[S@+]([O-])C(C)(C)C)c1cccc(F)c1Br. The van der Waals surface area contributed by atoms with Gasteiger partial charge in [0.05, 0.1) is 15.4 Å². The molecule has 0 amide bonds. The Morgan fingerprint density at radius 3 is 2.64 bits per heavy atom. The molecule has 0 aliphatic carbocycles. The van der Waals surface area contributed by atoms with Crippen molar-refractivity contribution in [2.45, 2.75) is 45.1 Å². The van der Waals surface area contributed by atoms with Crippen LogP contribution in [0.15, 0.2) is 22.7 Å². The van der Waals surface area contributed by atoms with Crippen LogP contribution in [-0.2, 0) is 18.0 Å². The third-order valence-electron chi connectivity index (χ3n) is 3.72. The van der Waals surface area contributed by atoms with Gasteiger partial charge in [-0.2, -0.15) is 0 Å². The van der Waals surface area contributed by atoms with E-state index in [-0.39, 0.29) is 6.61 Å². The molecule has 1 aromatic heterocycles. The first-order chi connectivity index (χ1) is 11.6. The van der Waals surface area contributed by atoms with Crippen LogP contribution in [0.25, 0.3) is 0 Å². The van der Waals surface area contributed by atoms with Crippen LogP contribution < -0.4 is 4.72 Å². The van der Waals surface area contributed by atoms with Crippen LogP contribution in [0.5, 0.6) is 0 Å². The fraction of sp³-hybridized carbons (Fsp3) is 0.412. The van der Waals surface area contributed by atoms with Gasteiger partial charge in [-0.05, 0) is 66.4 Å². The monoisotopic (exact) mass is 467 g/mol. The van der Waals surface area contributed by atoms with Crippen molar-refractivity contribution in [1.29, 1.82) is 0 Å². The summed E-state index contributed by atoms with van der Waals surface area (Å²) in [5, 5.41) is 9.73. The molecule has 25 heavy (non-hydrogen) atoms. The lowest BCUT2D eigenvalue weighted by atomic mass is 9.97. The lowest BCUT2D eigenvalue weighted by molar-refractivity contribution is 0.284. The van der Waals surface area contributed by atoms with E-state index in [0.717, 1.165) is 11.1 Å². The molecule has 138 valence electrons. The van der Waals surface area contributed by atoms with E-state index in [9.17, 15) is 14.0 Å². The predicted octanol–water partition coefficient (Wildman–Crippen LogP) is 5.25. The molecule has 0 bridgehead atoms. The highest BCUT2D eigenvalue weighted by Gasteiger charge is 2.34. The normalized spacial score (nSPS) is 14.6. The van der Waals surface area contributed by atoms with Crippen LogP contribution in [0, 0.1) is 12.7 Å². The largest absolute Gasteiger partial charge is 0.598 e. The molecule has 2 atom stereocenters. The molecule has 1 unspecified atom stereocenters. The summed E-state index contributed by atoms with van der Waals surface area (Å²) in [6.45, 7) is 7.21. The predicted molar refractivity (Wildman–Crippen MR) is 107 cm³/mol. The second-order valence-corrected chi connectivity index (χ2v) is 11.1. The first kappa shape index (κ1) is 21.2. The van der Waals surface area contributed by atoms with Crippen molar-refractivity contribution in [2.24, 2.45) is 0 Å². The second kappa shape index (κ2) is 8.25. The number of aliphatic hydroxyl groups excluding tert-OH is 1. The van der Waals surface area contributed by atoms with Crippen molar-refractivity contribution in [3.05, 3.63) is 54.4 Å². The molecule has 0 aliphatic rings. The zero-order valence-electron chi connectivity index (χ0n) is 14.3. The number of aliphatic hydroxyl groups is 1. The summed E-state index contributed by atoms with van der Waals surface area (Å²) < 4.78 is 30.3. The fourth-order valence-corrected chi connectivity index (χ4v) is 4.97. The molecule has 0 fully saturated rings. The summed E-state index contributed by atoms with van der Waals surface area (Å²) in [5.74, 6) is -0.407. The molecular weight excluding hydrogens is 449 g/mol. The van der Waals surface area contributed by atoms with Crippen molar-refractivity contribution >= 4 is 50.2 Å². The van der Waals surface area contributed by atoms with E-state index in [1.165, 1.54) is 17.4 Å². The van der Waals surface area contributed by atoms with Crippen molar-refractivity contribution in [1.82, 2.24) is 4.72 Å². The van der Waals surface area contributed by atoms with Crippen LogP contribution >= 0.6 is 38.9 Å². The van der Waals surface area contributed by atoms with Crippen molar-refractivity contribution in [2.75, 3.05) is 0 Å². The van der Waals surface area contributed by atoms with Gasteiger partial charge in [0.25, 0.3) is 0 Å². The third-order valence-corrected chi connectivity index (χ3v) is 7.71. The summed E-state index contributed by atoms with van der Waals surface area (Å²) in [6, 6.07) is 4.14. The maximum atomic E-state index is 14.1. The van der Waals surface area contributed by atoms with Gasteiger partial charge in [0.15, 0.2) is 0 Å². The molecular formula is C17H20BrClFNO2S2. The van der Waals surface area contributed by atoms with Gasteiger partial charge in [-0.15, -0.1) is 16.1 Å². The lowest BCUT2D eigenvalue weighted by Gasteiger charge is -2.29. The number of benzene rings is 1. The van der Waals surface area contributed by atoms with Gasteiger partial charge in [0, 0.05) is 16.2 Å². The first-order valence-corrected chi connectivity index (χ1v) is 10.7. The van der Waals surface area contributed by atoms with Gasteiger partial charge >= 0.3 is 0 Å². The average molecular weight is 469 g/mol. The maximum Gasteiger partial charge on any atom is 0.137 e. The smallest absolute Gasteiger partial charge is 0.137 e. The zero-order valence-corrected chi connectivity index (χ0v) is 18.3. The van der Waals surface area contributed by atoms with Gasteiger partial charge < -0.3 is 9.66 Å². The molecule has 0 spiro atoms. The van der Waals surface area contributed by atoms with E-state index in [2.05, 4.69) is 20.7 Å². The van der Waals surface area contributed by atoms with E-state index in [0.29, 0.717) is 19.2 Å². The molecule has 1 aromatic carbocycles. The minimum atomic E-state index is -1.41. The number of halogens is 3. The highest BCUT2D eigenvalue weighted by atomic mass is 79.9. The molecule has 0 aliphatic heterocycles. The van der Waals surface area contributed by atoms with Gasteiger partial charge in [-0.1, -0.05) is 23.7 Å². The molecule has 0 saturated carbocycles. The first-order valence-electron chi connectivity index (χ1n) is 7.58. The van der Waals surface area contributed by atoms with E-state index in [1.807, 2.05) is 27.7 Å². The highest BCUT2D eigenvalue weighted by Crippen LogP contribution is 2.41. The Hall–Kier alpha value is -0.150. The van der Waals surface area contributed by atoms with Crippen LogP contribution in [-0.4, -0.2) is 14.4 Å². The fourth-order valence-electron chi connectivity index (χ4n) is 2.35. The highest BCUT2D eigenvalue weighted by molar-refractivity contribution is 9.10. The minimum Gasteiger partial charge on any atom is -0.598 e. The summed E-state index contributed by atoms with van der Waals surface area (Å²) in [6.07, 6.45) is 0. The summed E-state index contributed by atoms with van der Waals surface area (Å²) >= 11 is 9.42. The van der Waals surface area contributed by atoms with Gasteiger partial charge in [-0.3, -0.25) is 0 Å². The quantitative estimate of drug-likeness (QED) is 0.590. The van der Waals surface area contributed by atoms with Crippen LogP contribution in [0.3, 0.4) is 0 Å². The van der Waals surface area contributed by atoms with Gasteiger partial charge in [-0.25, -0.2) is 4.39 Å². The van der Waals surface area contributed by atoms with E-state index in [4.69, 9.17) is 11.6 Å². The Morgan fingerprint density at radius 1 is 1.44 bits per heavy atom. The van der Waals surface area contributed by atoms with E-state index >= 15 is 0 Å². The average Bonchev–Trinajstić information content (AvgIpc) is 2.82. The van der Waals surface area contributed by atoms with Crippen LogP contribution in [0.4, 0.5) is 4.39 Å². The number of hydrogen-bond acceptors (Lipinski definition) is 4. The number of thiophene rings is 1. The Kier molecular flexibility index (Phi) is 6.98. The van der Waals surface area contributed by atoms with E-state index in [1.54, 1.807) is 12.1 Å². The van der Waals surface area contributed by atoms with Gasteiger partial charge in [0.1, 0.15) is 16.6 Å². The molecule has 2 N–H and O–H groups in total. The number of hydrogen-bond donors (Lipinski definition) is 2. The number of nitrogens with one attached hydrogen (secondary N) is 1. The third kappa shape index (κ3) is 4.58. The molecule has 1 heterocycles. The molecule has 2 rings (SSSR count). The Balaban J connectivity index is 2.63. The summed E-state index contributed by atoms with van der Waals surface area (Å²) in [5.41, 5.74) is 2.13. The van der Waals surface area contributed by atoms with Gasteiger partial charge in [0.2, 0.25) is 0 Å². The Labute approximate surface area is 168 Å². The van der Waals surface area contributed by atoms with E-state index < -0.39 is 28.0 Å². The summed E-state index contributed by atoms with van der Waals surface area (Å²) in [7, 11) is 0. The van der Waals surface area contributed by atoms with Crippen LogP contribution in [0.2, 0.25) is 4.34 Å². The zero-order chi connectivity index (χ0) is 18.9. The molecule has 0 radical (unpaired) electrons. The van der Waals surface area contributed by atoms with Crippen molar-refractivity contribution in [3.8, 4) is 0 Å². The number of rotatable bonds is 5. The molecule has 2 aromatic rings.